The van der Waals surface area contributed by atoms with Gasteiger partial charge in [0.1, 0.15) is 13.2 Å². The molecule has 0 saturated heterocycles. The summed E-state index contributed by atoms with van der Waals surface area (Å²) in [6, 6.07) is 0.171. The minimum absolute atomic E-state index is 0.194. The number of imide groups is 1. The molecule has 0 aromatic heterocycles. The number of carbonyl (C=O) groups is 4. The summed E-state index contributed by atoms with van der Waals surface area (Å²) in [5, 5.41) is 27.6. The average molecular weight is 471 g/mol. The van der Waals surface area contributed by atoms with Crippen molar-refractivity contribution in [2.75, 3.05) is 27.0 Å². The molecule has 0 unspecified atom stereocenters. The molecular formula is C15H13N5O13. The predicted octanol–water partition coefficient (Wildman–Crippen LogP) is -0.882. The molecule has 33 heavy (non-hydrogen) atoms. The van der Waals surface area contributed by atoms with Gasteiger partial charge in [-0.2, -0.15) is 0 Å². The molecule has 176 valence electrons. The number of aldehydes is 1. The molecule has 0 fully saturated rings. The Morgan fingerprint density at radius 2 is 1.48 bits per heavy atom. The minimum atomic E-state index is -1.61. The zero-order valence-electron chi connectivity index (χ0n) is 16.5. The Kier molecular flexibility index (Phi) is 7.34. The van der Waals surface area contributed by atoms with E-state index < -0.39 is 70.1 Å². The average Bonchev–Trinajstić information content (AvgIpc) is 2.99. The Balaban J connectivity index is 2.42. The third kappa shape index (κ3) is 5.42. The van der Waals surface area contributed by atoms with E-state index in [-0.39, 0.29) is 17.4 Å². The molecule has 3 amide bonds. The van der Waals surface area contributed by atoms with Gasteiger partial charge in [-0.25, -0.2) is 0 Å². The van der Waals surface area contributed by atoms with Crippen molar-refractivity contribution in [2.45, 2.75) is 6.04 Å². The van der Waals surface area contributed by atoms with Crippen LogP contribution in [0.4, 0.5) is 0 Å². The summed E-state index contributed by atoms with van der Waals surface area (Å²) < 4.78 is 0. The zero-order chi connectivity index (χ0) is 24.9. The zero-order valence-corrected chi connectivity index (χ0v) is 16.5. The van der Waals surface area contributed by atoms with Crippen LogP contribution < -0.4 is 0 Å². The van der Waals surface area contributed by atoms with Gasteiger partial charge in [0.15, 0.2) is 13.0 Å². The first kappa shape index (κ1) is 24.4. The van der Waals surface area contributed by atoms with E-state index in [0.717, 1.165) is 24.1 Å². The second-order valence-corrected chi connectivity index (χ2v) is 6.26. The van der Waals surface area contributed by atoms with Crippen molar-refractivity contribution in [1.82, 2.24) is 9.80 Å². The van der Waals surface area contributed by atoms with Gasteiger partial charge in [0.05, 0.1) is 22.7 Å². The van der Waals surface area contributed by atoms with Gasteiger partial charge >= 0.3 is 0 Å². The van der Waals surface area contributed by atoms with E-state index in [0.29, 0.717) is 4.90 Å². The van der Waals surface area contributed by atoms with Crippen molar-refractivity contribution >= 4 is 24.0 Å². The second kappa shape index (κ2) is 9.94. The van der Waals surface area contributed by atoms with Gasteiger partial charge in [0.2, 0.25) is 0 Å². The van der Waals surface area contributed by atoms with Crippen LogP contribution in [0.25, 0.3) is 0 Å². The normalized spacial score (nSPS) is 12.2. The standard InChI is InChI=1S/C15H13N5O13/c1-16(7-33-20(29)30)13(22)10-3-12-11(2-8(10)4-21)14(23)17(15(12)24)9(5-31-18(25)26)6-32-19(27)28/h2-4,9H,5-7H2,1H3. The van der Waals surface area contributed by atoms with Crippen LogP contribution in [0, 0.1) is 30.3 Å². The molecule has 0 radical (unpaired) electrons. The summed E-state index contributed by atoms with van der Waals surface area (Å²) in [6.07, 6.45) is 0.194. The van der Waals surface area contributed by atoms with Crippen LogP contribution in [0.3, 0.4) is 0 Å². The lowest BCUT2D eigenvalue weighted by Gasteiger charge is -2.24. The van der Waals surface area contributed by atoms with Crippen molar-refractivity contribution in [2.24, 2.45) is 0 Å². The van der Waals surface area contributed by atoms with E-state index in [1.54, 1.807) is 0 Å². The Labute approximate surface area is 181 Å². The number of hydrogen-bond donors (Lipinski definition) is 0. The van der Waals surface area contributed by atoms with E-state index in [9.17, 15) is 49.5 Å². The van der Waals surface area contributed by atoms with Crippen LogP contribution >= 0.6 is 0 Å². The molecule has 0 saturated carbocycles. The highest BCUT2D eigenvalue weighted by atomic mass is 17.0. The van der Waals surface area contributed by atoms with E-state index in [1.807, 2.05) is 0 Å². The van der Waals surface area contributed by atoms with Gasteiger partial charge in [0.25, 0.3) is 33.0 Å². The fourth-order valence-electron chi connectivity index (χ4n) is 2.83. The smallest absolute Gasteiger partial charge is 0.296 e. The predicted molar refractivity (Wildman–Crippen MR) is 97.1 cm³/mol. The Hall–Kier alpha value is -4.90. The molecule has 0 atom stereocenters. The summed E-state index contributed by atoms with van der Waals surface area (Å²) in [5.41, 5.74) is -1.52. The molecule has 1 aromatic carbocycles. The van der Waals surface area contributed by atoms with E-state index >= 15 is 0 Å². The maximum atomic E-state index is 12.8. The fourth-order valence-corrected chi connectivity index (χ4v) is 2.83. The number of hydrogen-bond acceptors (Lipinski definition) is 13. The van der Waals surface area contributed by atoms with Crippen molar-refractivity contribution < 1.29 is 49.0 Å². The van der Waals surface area contributed by atoms with Gasteiger partial charge in [-0.3, -0.25) is 28.9 Å². The molecule has 1 aliphatic rings. The van der Waals surface area contributed by atoms with Gasteiger partial charge < -0.3 is 14.6 Å². The Morgan fingerprint density at radius 3 is 1.94 bits per heavy atom. The maximum Gasteiger partial charge on any atom is 0.296 e. The lowest BCUT2D eigenvalue weighted by Crippen LogP contribution is -2.46. The molecular weight excluding hydrogens is 458 g/mol. The van der Waals surface area contributed by atoms with Gasteiger partial charge in [-0.1, -0.05) is 0 Å². The quantitative estimate of drug-likeness (QED) is 0.119. The monoisotopic (exact) mass is 471 g/mol. The van der Waals surface area contributed by atoms with Crippen molar-refractivity contribution in [1.29, 1.82) is 0 Å². The highest BCUT2D eigenvalue weighted by molar-refractivity contribution is 6.23. The second-order valence-electron chi connectivity index (χ2n) is 6.26. The summed E-state index contributed by atoms with van der Waals surface area (Å²) >= 11 is 0. The van der Waals surface area contributed by atoms with Crippen LogP contribution in [-0.4, -0.2) is 82.1 Å². The maximum absolute atomic E-state index is 12.8. The first-order valence-corrected chi connectivity index (χ1v) is 8.56. The van der Waals surface area contributed by atoms with Gasteiger partial charge in [0, 0.05) is 12.6 Å². The van der Waals surface area contributed by atoms with Crippen molar-refractivity contribution in [3.63, 3.8) is 0 Å². The van der Waals surface area contributed by atoms with Crippen LogP contribution in [-0.2, 0) is 14.5 Å². The largest absolute Gasteiger partial charge is 0.318 e. The summed E-state index contributed by atoms with van der Waals surface area (Å²) in [7, 11) is 1.10. The van der Waals surface area contributed by atoms with Gasteiger partial charge in [-0.05, 0) is 12.1 Å². The topological polar surface area (TPSA) is 232 Å². The number of fused-ring (bicyclic) bond motifs is 1. The molecule has 0 spiro atoms. The molecule has 18 heteroatoms. The molecule has 0 N–H and O–H groups in total. The Bertz CT molecular complexity index is 1020. The first-order chi connectivity index (χ1) is 15.5. The van der Waals surface area contributed by atoms with E-state index in [2.05, 4.69) is 14.5 Å². The van der Waals surface area contributed by atoms with E-state index in [4.69, 9.17) is 0 Å². The van der Waals surface area contributed by atoms with Gasteiger partial charge in [-0.15, -0.1) is 30.3 Å². The minimum Gasteiger partial charge on any atom is -0.318 e. The third-order valence-electron chi connectivity index (χ3n) is 4.26. The third-order valence-corrected chi connectivity index (χ3v) is 4.26. The van der Waals surface area contributed by atoms with Crippen LogP contribution in [0.1, 0.15) is 41.4 Å². The lowest BCUT2D eigenvalue weighted by molar-refractivity contribution is -0.767. The number of benzene rings is 1. The van der Waals surface area contributed by atoms with Crippen LogP contribution in [0.15, 0.2) is 12.1 Å². The van der Waals surface area contributed by atoms with E-state index in [1.165, 1.54) is 0 Å². The molecule has 2 rings (SSSR count). The Morgan fingerprint density at radius 1 is 1.00 bits per heavy atom. The summed E-state index contributed by atoms with van der Waals surface area (Å²) in [4.78, 5) is 94.3. The number of carbonyl (C=O) groups excluding carboxylic acids is 4. The molecule has 1 aliphatic heterocycles. The molecule has 18 nitrogen and oxygen atoms in total. The molecule has 1 heterocycles. The summed E-state index contributed by atoms with van der Waals surface area (Å²) in [5.74, 6) is -3.15. The summed E-state index contributed by atoms with van der Waals surface area (Å²) in [6.45, 7) is -2.72. The fraction of sp³-hybridized carbons (Fsp3) is 0.333. The highest BCUT2D eigenvalue weighted by Gasteiger charge is 2.42. The first-order valence-electron chi connectivity index (χ1n) is 8.56. The molecule has 0 bridgehead atoms. The van der Waals surface area contributed by atoms with Crippen molar-refractivity contribution in [3.05, 3.63) is 64.7 Å². The lowest BCUT2D eigenvalue weighted by atomic mass is 9.99. The van der Waals surface area contributed by atoms with Crippen molar-refractivity contribution in [3.8, 4) is 0 Å². The SMILES string of the molecule is CN(CO[N+](=O)[O-])C(=O)c1cc2c(cc1C=O)C(=O)N(C(CO[N+](=O)[O-])CO[N+](=O)[O-])C2=O. The van der Waals surface area contributed by atoms with Crippen LogP contribution in [0.5, 0.6) is 0 Å². The molecule has 1 aromatic rings. The number of nitrogens with zero attached hydrogens (tertiary/aromatic N) is 5. The highest BCUT2D eigenvalue weighted by Crippen LogP contribution is 2.28. The number of rotatable bonds is 12. The number of amides is 3. The molecule has 0 aliphatic carbocycles. The van der Waals surface area contributed by atoms with Crippen LogP contribution in [0.2, 0.25) is 0 Å².